The molecule has 1 aliphatic heterocycles. The minimum atomic E-state index is -1.32. The van der Waals surface area contributed by atoms with E-state index in [0.29, 0.717) is 44.4 Å². The van der Waals surface area contributed by atoms with Gasteiger partial charge in [0.25, 0.3) is 8.05 Å². The van der Waals surface area contributed by atoms with Crippen molar-refractivity contribution in [3.63, 3.8) is 0 Å². The van der Waals surface area contributed by atoms with Crippen LogP contribution in [0, 0.1) is 17.5 Å². The van der Waals surface area contributed by atoms with Gasteiger partial charge in [0, 0.05) is 44.5 Å². The summed E-state index contributed by atoms with van der Waals surface area (Å²) in [6.45, 7) is 13.8. The van der Waals surface area contributed by atoms with Crippen molar-refractivity contribution in [2.45, 2.75) is 110 Å². The summed E-state index contributed by atoms with van der Waals surface area (Å²) in [6, 6.07) is 7.86. The molecule has 45 heavy (non-hydrogen) atoms. The van der Waals surface area contributed by atoms with Gasteiger partial charge in [-0.2, -0.15) is 0 Å². The van der Waals surface area contributed by atoms with Crippen LogP contribution < -0.4 is 10.1 Å². The smallest absolute Gasteiger partial charge is 0.407 e. The van der Waals surface area contributed by atoms with Crippen LogP contribution in [0.1, 0.15) is 78.9 Å². The van der Waals surface area contributed by atoms with Crippen LogP contribution in [0.25, 0.3) is 0 Å². The van der Waals surface area contributed by atoms with Gasteiger partial charge in [0.15, 0.2) is 11.6 Å². The zero-order chi connectivity index (χ0) is 33.6. The lowest BCUT2D eigenvalue weighted by Gasteiger charge is -2.41. The number of nitrogens with one attached hydrogen (secondary N) is 1. The molecule has 1 atom stereocenters. The Hall–Kier alpha value is -3.25. The summed E-state index contributed by atoms with van der Waals surface area (Å²) in [7, 11) is 5.42. The molecule has 2 amide bonds. The van der Waals surface area contributed by atoms with Gasteiger partial charge in [-0.1, -0.05) is 12.1 Å². The molecule has 1 fully saturated rings. The molecule has 0 aliphatic carbocycles. The second-order valence-corrected chi connectivity index (χ2v) is 13.4. The van der Waals surface area contributed by atoms with Crippen LogP contribution in [0.3, 0.4) is 0 Å². The maximum atomic E-state index is 14.4. The number of piperidine rings is 1. The van der Waals surface area contributed by atoms with E-state index in [0.717, 1.165) is 11.6 Å². The molecule has 2 aromatic carbocycles. The molecular formula is C33H44BF3N2O6. The van der Waals surface area contributed by atoms with Gasteiger partial charge in [0.1, 0.15) is 23.3 Å². The van der Waals surface area contributed by atoms with Gasteiger partial charge in [-0.25, -0.2) is 18.0 Å². The van der Waals surface area contributed by atoms with Crippen molar-refractivity contribution in [2.24, 2.45) is 0 Å². The molecule has 0 aromatic heterocycles. The average molecular weight is 633 g/mol. The Morgan fingerprint density at radius 3 is 2.11 bits per heavy atom. The number of carbonyl (C=O) groups excluding carboxylic acids is 2. The highest BCUT2D eigenvalue weighted by Gasteiger charge is 2.37. The maximum Gasteiger partial charge on any atom is 0.407 e. The Kier molecular flexibility index (Phi) is 12.0. The third kappa shape index (κ3) is 10.7. The Balaban J connectivity index is 1.55. The summed E-state index contributed by atoms with van der Waals surface area (Å²) in [5, 5.41) is 2.59. The third-order valence-electron chi connectivity index (χ3n) is 8.06. The van der Waals surface area contributed by atoms with Crippen LogP contribution in [0.5, 0.6) is 5.75 Å². The molecule has 0 saturated carbocycles. The number of rotatable bonds is 12. The Morgan fingerprint density at radius 1 is 0.933 bits per heavy atom. The van der Waals surface area contributed by atoms with E-state index in [-0.39, 0.29) is 30.4 Å². The Labute approximate surface area is 265 Å². The van der Waals surface area contributed by atoms with Crippen LogP contribution >= 0.6 is 0 Å². The molecule has 0 unspecified atom stereocenters. The number of amides is 2. The summed E-state index contributed by atoms with van der Waals surface area (Å²) in [6.07, 6.45) is -0.153. The van der Waals surface area contributed by atoms with Crippen LogP contribution in [0.2, 0.25) is 0 Å². The first kappa shape index (κ1) is 36.2. The molecule has 1 aliphatic rings. The standard InChI is InChI=1S/C33H44BF3N2O6/c1-31(2,3)44-30(41)38-23(16-22-17-27(36)28(37)19-26(22)35)18-29(40)39-14-12-25(13-15-39)43-24-10-8-21(9-11-24)20-42-32(4,5)33(6,7)45-34/h8-11,17,19,23,25H,12-16,18,20H2,1-7H3,(H,38,41)/t23-/m1/s1. The van der Waals surface area contributed by atoms with E-state index in [2.05, 4.69) is 5.32 Å². The van der Waals surface area contributed by atoms with Gasteiger partial charge in [-0.05, 0) is 84.2 Å². The van der Waals surface area contributed by atoms with E-state index in [1.54, 1.807) is 25.7 Å². The van der Waals surface area contributed by atoms with E-state index < -0.39 is 46.4 Å². The van der Waals surface area contributed by atoms with E-state index in [1.165, 1.54) is 0 Å². The first-order valence-corrected chi connectivity index (χ1v) is 15.1. The van der Waals surface area contributed by atoms with Crippen LogP contribution in [-0.4, -0.2) is 67.0 Å². The molecule has 246 valence electrons. The lowest BCUT2D eigenvalue weighted by Crippen LogP contribution is -2.48. The highest BCUT2D eigenvalue weighted by molar-refractivity contribution is 5.98. The fourth-order valence-corrected chi connectivity index (χ4v) is 4.63. The van der Waals surface area contributed by atoms with Crippen molar-refractivity contribution in [1.29, 1.82) is 0 Å². The molecule has 8 nitrogen and oxygen atoms in total. The van der Waals surface area contributed by atoms with Gasteiger partial charge in [0.2, 0.25) is 5.91 Å². The fourth-order valence-electron chi connectivity index (χ4n) is 4.63. The number of halogens is 3. The molecular weight excluding hydrogens is 588 g/mol. The van der Waals surface area contributed by atoms with Crippen LogP contribution in [0.15, 0.2) is 36.4 Å². The minimum absolute atomic E-state index is 0.107. The molecule has 2 aromatic rings. The van der Waals surface area contributed by atoms with E-state index in [1.807, 2.05) is 52.0 Å². The molecule has 1 saturated heterocycles. The minimum Gasteiger partial charge on any atom is -0.490 e. The SMILES string of the molecule is [B]OC(C)(C)C(C)(C)OCc1ccc(OC2CCN(C(=O)C[C@@H](Cc3cc(F)c(F)cc3F)NC(=O)OC(C)(C)C)CC2)cc1. The van der Waals surface area contributed by atoms with Gasteiger partial charge < -0.3 is 29.1 Å². The predicted octanol–water partition coefficient (Wildman–Crippen LogP) is 6.17. The molecule has 12 heteroatoms. The second kappa shape index (κ2) is 14.9. The van der Waals surface area contributed by atoms with Crippen molar-refractivity contribution in [3.05, 3.63) is 65.0 Å². The average Bonchev–Trinajstić information content (AvgIpc) is 2.94. The topological polar surface area (TPSA) is 86.3 Å². The Morgan fingerprint density at radius 2 is 1.53 bits per heavy atom. The quantitative estimate of drug-likeness (QED) is 0.223. The lowest BCUT2D eigenvalue weighted by molar-refractivity contribution is -0.139. The van der Waals surface area contributed by atoms with Crippen molar-refractivity contribution < 1.29 is 41.6 Å². The highest BCUT2D eigenvalue weighted by Crippen LogP contribution is 2.30. The first-order chi connectivity index (χ1) is 20.9. The van der Waals surface area contributed by atoms with Crippen molar-refractivity contribution in [1.82, 2.24) is 10.2 Å². The van der Waals surface area contributed by atoms with Gasteiger partial charge in [0.05, 0.1) is 17.8 Å². The van der Waals surface area contributed by atoms with E-state index in [9.17, 15) is 22.8 Å². The summed E-state index contributed by atoms with van der Waals surface area (Å²) in [5.74, 6) is -3.08. The van der Waals surface area contributed by atoms with Crippen molar-refractivity contribution >= 4 is 20.0 Å². The highest BCUT2D eigenvalue weighted by atomic mass is 19.2. The van der Waals surface area contributed by atoms with E-state index in [4.69, 9.17) is 26.9 Å². The van der Waals surface area contributed by atoms with Crippen molar-refractivity contribution in [3.8, 4) is 5.75 Å². The Bertz CT molecular complexity index is 1310. The largest absolute Gasteiger partial charge is 0.490 e. The lowest BCUT2D eigenvalue weighted by atomic mass is 9.88. The number of alkyl carbamates (subject to hydrolysis) is 1. The summed E-state index contributed by atoms with van der Waals surface area (Å²) < 4.78 is 64.3. The van der Waals surface area contributed by atoms with Gasteiger partial charge in [-0.3, -0.25) is 4.79 Å². The normalized spacial score (nSPS) is 15.5. The van der Waals surface area contributed by atoms with Crippen molar-refractivity contribution in [2.75, 3.05) is 13.1 Å². The number of ether oxygens (including phenoxy) is 3. The first-order valence-electron chi connectivity index (χ1n) is 15.1. The number of benzene rings is 2. The molecule has 2 radical (unpaired) electrons. The van der Waals surface area contributed by atoms with Gasteiger partial charge in [-0.15, -0.1) is 0 Å². The number of hydrogen-bond donors (Lipinski definition) is 1. The van der Waals surface area contributed by atoms with Crippen LogP contribution in [-0.2, 0) is 32.0 Å². The zero-order valence-electron chi connectivity index (χ0n) is 27.2. The molecule has 1 N–H and O–H groups in total. The number of likely N-dealkylation sites (tertiary alicyclic amines) is 1. The molecule has 1 heterocycles. The third-order valence-corrected chi connectivity index (χ3v) is 8.06. The summed E-state index contributed by atoms with van der Waals surface area (Å²) in [4.78, 5) is 27.4. The summed E-state index contributed by atoms with van der Waals surface area (Å²) >= 11 is 0. The fraction of sp³-hybridized carbons (Fsp3) is 0.576. The molecule has 0 bridgehead atoms. The molecule has 0 spiro atoms. The number of carbonyl (C=O) groups is 2. The second-order valence-electron chi connectivity index (χ2n) is 13.4. The predicted molar refractivity (Wildman–Crippen MR) is 164 cm³/mol. The van der Waals surface area contributed by atoms with E-state index >= 15 is 0 Å². The zero-order valence-corrected chi connectivity index (χ0v) is 27.2. The maximum absolute atomic E-state index is 14.4. The number of nitrogens with zero attached hydrogens (tertiary/aromatic N) is 1. The monoisotopic (exact) mass is 632 g/mol. The van der Waals surface area contributed by atoms with Crippen LogP contribution in [0.4, 0.5) is 18.0 Å². The number of hydrogen-bond acceptors (Lipinski definition) is 6. The van der Waals surface area contributed by atoms with Gasteiger partial charge >= 0.3 is 6.09 Å². The molecule has 3 rings (SSSR count). The summed E-state index contributed by atoms with van der Waals surface area (Å²) in [5.41, 5.74) is -1.31.